The molecule has 5 aromatic rings. The van der Waals surface area contributed by atoms with Gasteiger partial charge in [-0.15, -0.1) is 0 Å². The van der Waals surface area contributed by atoms with Gasteiger partial charge in [-0.05, 0) is 75.6 Å². The van der Waals surface area contributed by atoms with E-state index in [1.54, 1.807) is 68.2 Å². The maximum absolute atomic E-state index is 15.3. The number of nitrogens with zero attached hydrogens (tertiary/aromatic N) is 3. The average molecular weight is 640 g/mol. The summed E-state index contributed by atoms with van der Waals surface area (Å²) in [6, 6.07) is 17.5. The van der Waals surface area contributed by atoms with Gasteiger partial charge in [0.15, 0.2) is 11.6 Å². The van der Waals surface area contributed by atoms with E-state index in [9.17, 15) is 14.4 Å². The van der Waals surface area contributed by atoms with Crippen LogP contribution in [0.2, 0.25) is 0 Å². The van der Waals surface area contributed by atoms with Gasteiger partial charge in [-0.1, -0.05) is 18.2 Å². The lowest BCUT2D eigenvalue weighted by Crippen LogP contribution is -2.35. The Morgan fingerprint density at radius 1 is 1.04 bits per heavy atom. The van der Waals surface area contributed by atoms with Gasteiger partial charge in [0.1, 0.15) is 35.3 Å². The number of amides is 1. The first kappa shape index (κ1) is 31.5. The third-order valence-corrected chi connectivity index (χ3v) is 8.18. The van der Waals surface area contributed by atoms with Crippen molar-refractivity contribution in [3.05, 3.63) is 106 Å². The number of carbonyl (C=O) groups is 2. The van der Waals surface area contributed by atoms with Crippen LogP contribution in [0.15, 0.2) is 77.7 Å². The van der Waals surface area contributed by atoms with Gasteiger partial charge in [-0.25, -0.2) is 9.07 Å². The molecule has 0 spiro atoms. The zero-order chi connectivity index (χ0) is 33.5. The summed E-state index contributed by atoms with van der Waals surface area (Å²) in [5.74, 6) is -0.965. The van der Waals surface area contributed by atoms with E-state index in [0.717, 1.165) is 11.6 Å². The first-order valence-electron chi connectivity index (χ1n) is 15.1. The minimum absolute atomic E-state index is 0.0439. The fourth-order valence-electron chi connectivity index (χ4n) is 5.24. The number of fused-ring (bicyclic) bond motifs is 1. The van der Waals surface area contributed by atoms with Crippen molar-refractivity contribution in [1.82, 2.24) is 14.3 Å². The maximum Gasteiger partial charge on any atom is 0.323 e. The molecule has 0 bridgehead atoms. The number of esters is 1. The third-order valence-electron chi connectivity index (χ3n) is 8.18. The molecule has 2 heterocycles. The molecule has 2 aromatic heterocycles. The van der Waals surface area contributed by atoms with Crippen LogP contribution in [0.3, 0.4) is 0 Å². The first-order valence-corrected chi connectivity index (χ1v) is 15.1. The molecule has 11 nitrogen and oxygen atoms in total. The smallest absolute Gasteiger partial charge is 0.323 e. The van der Waals surface area contributed by atoms with Crippen molar-refractivity contribution in [3.63, 3.8) is 0 Å². The standard InChI is InChI=1S/C35H34FN5O6/c1-20-16-25-27(18-30(20)45-19-35(13-14-35)47-34(44)21(2)37)38-15-12-28(25)46-29-11-10-23(17-26(29)36)39-32(42)31-22(3)40(4)41(33(31)43)24-8-6-5-7-9-24/h5-12,15-18,21H,13-14,19,37H2,1-4H3,(H,39,42)/t21-/m0/s1. The van der Waals surface area contributed by atoms with Gasteiger partial charge in [-0.2, -0.15) is 0 Å². The number of rotatable bonds is 10. The van der Waals surface area contributed by atoms with Gasteiger partial charge in [0.05, 0.1) is 16.9 Å². The molecule has 3 aromatic carbocycles. The molecule has 0 saturated heterocycles. The topological polar surface area (TPSA) is 140 Å². The molecule has 1 saturated carbocycles. The summed E-state index contributed by atoms with van der Waals surface area (Å²) < 4.78 is 35.9. The number of carbonyl (C=O) groups excluding carboxylic acids is 2. The number of ether oxygens (including phenoxy) is 3. The lowest BCUT2D eigenvalue weighted by Gasteiger charge is -2.20. The SMILES string of the molecule is Cc1cc2c(Oc3ccc(NC(=O)c4c(C)n(C)n(-c5ccccc5)c4=O)cc3F)ccnc2cc1OCC1(OC(=O)[C@H](C)N)CC1. The van der Waals surface area contributed by atoms with E-state index in [2.05, 4.69) is 10.3 Å². The van der Waals surface area contributed by atoms with Crippen molar-refractivity contribution in [1.29, 1.82) is 0 Å². The quantitative estimate of drug-likeness (QED) is 0.196. The second-order valence-electron chi connectivity index (χ2n) is 11.8. The Morgan fingerprint density at radius 3 is 2.47 bits per heavy atom. The number of para-hydroxylation sites is 1. The summed E-state index contributed by atoms with van der Waals surface area (Å²) in [5.41, 5.74) is 7.01. The first-order chi connectivity index (χ1) is 22.5. The average Bonchev–Trinajstić information content (AvgIpc) is 3.76. The molecule has 12 heteroatoms. The van der Waals surface area contributed by atoms with Gasteiger partial charge in [-0.3, -0.25) is 24.0 Å². The van der Waals surface area contributed by atoms with E-state index >= 15 is 4.39 Å². The Labute approximate surface area is 269 Å². The fraction of sp³-hybridized carbons (Fsp3) is 0.257. The van der Waals surface area contributed by atoms with Crippen LogP contribution in [0.1, 0.15) is 41.4 Å². The molecule has 47 heavy (non-hydrogen) atoms. The minimum Gasteiger partial charge on any atom is -0.489 e. The van der Waals surface area contributed by atoms with E-state index in [1.807, 2.05) is 19.1 Å². The second-order valence-corrected chi connectivity index (χ2v) is 11.8. The highest BCUT2D eigenvalue weighted by Crippen LogP contribution is 2.41. The number of hydrogen-bond acceptors (Lipinski definition) is 8. The molecule has 0 radical (unpaired) electrons. The fourth-order valence-corrected chi connectivity index (χ4v) is 5.24. The summed E-state index contributed by atoms with van der Waals surface area (Å²) >= 11 is 0. The summed E-state index contributed by atoms with van der Waals surface area (Å²) in [6.45, 7) is 5.30. The second kappa shape index (κ2) is 12.4. The van der Waals surface area contributed by atoms with E-state index < -0.39 is 34.9 Å². The van der Waals surface area contributed by atoms with Gasteiger partial charge >= 0.3 is 5.97 Å². The molecule has 1 amide bonds. The molecule has 242 valence electrons. The highest BCUT2D eigenvalue weighted by molar-refractivity contribution is 6.05. The molecule has 0 unspecified atom stereocenters. The van der Waals surface area contributed by atoms with Crippen LogP contribution in [0.5, 0.6) is 17.2 Å². The molecule has 1 aliphatic carbocycles. The summed E-state index contributed by atoms with van der Waals surface area (Å²) in [7, 11) is 1.69. The number of halogens is 1. The molecular weight excluding hydrogens is 605 g/mol. The van der Waals surface area contributed by atoms with Crippen molar-refractivity contribution in [2.45, 2.75) is 45.3 Å². The zero-order valence-electron chi connectivity index (χ0n) is 26.4. The van der Waals surface area contributed by atoms with Crippen LogP contribution in [0.25, 0.3) is 16.6 Å². The number of nitrogens with one attached hydrogen (secondary N) is 1. The molecule has 3 N–H and O–H groups in total. The Kier molecular flexibility index (Phi) is 8.29. The van der Waals surface area contributed by atoms with Crippen LogP contribution in [0.4, 0.5) is 10.1 Å². The highest BCUT2D eigenvalue weighted by Gasteiger charge is 2.48. The van der Waals surface area contributed by atoms with Crippen molar-refractivity contribution in [2.75, 3.05) is 11.9 Å². The summed E-state index contributed by atoms with van der Waals surface area (Å²) in [5, 5.41) is 3.26. The van der Waals surface area contributed by atoms with Crippen LogP contribution >= 0.6 is 0 Å². The lowest BCUT2D eigenvalue weighted by molar-refractivity contribution is -0.154. The van der Waals surface area contributed by atoms with Gasteiger partial charge < -0.3 is 25.3 Å². The number of aryl methyl sites for hydroxylation is 1. The van der Waals surface area contributed by atoms with Crippen LogP contribution < -0.4 is 26.1 Å². The largest absolute Gasteiger partial charge is 0.489 e. The Bertz CT molecular complexity index is 2070. The van der Waals surface area contributed by atoms with Gasteiger partial charge in [0, 0.05) is 36.5 Å². The molecule has 0 aliphatic heterocycles. The molecular formula is C35H34FN5O6. The molecule has 1 fully saturated rings. The predicted molar refractivity (Wildman–Crippen MR) is 174 cm³/mol. The molecule has 1 atom stereocenters. The number of nitrogens with two attached hydrogens (primary N) is 1. The van der Waals surface area contributed by atoms with Crippen molar-refractivity contribution < 1.29 is 28.2 Å². The van der Waals surface area contributed by atoms with Crippen LogP contribution in [-0.2, 0) is 16.6 Å². The molecule has 1 aliphatic rings. The van der Waals surface area contributed by atoms with E-state index in [4.69, 9.17) is 19.9 Å². The highest BCUT2D eigenvalue weighted by atomic mass is 19.1. The summed E-state index contributed by atoms with van der Waals surface area (Å²) in [6.07, 6.45) is 2.94. The van der Waals surface area contributed by atoms with Crippen LogP contribution in [-0.4, -0.2) is 44.5 Å². The lowest BCUT2D eigenvalue weighted by atomic mass is 10.1. The Hall–Kier alpha value is -5.49. The molecule has 6 rings (SSSR count). The number of hydrogen-bond donors (Lipinski definition) is 2. The normalized spacial score (nSPS) is 14.0. The minimum atomic E-state index is -0.716. The van der Waals surface area contributed by atoms with E-state index in [0.29, 0.717) is 46.6 Å². The van der Waals surface area contributed by atoms with E-state index in [-0.39, 0.29) is 23.6 Å². The monoisotopic (exact) mass is 639 g/mol. The van der Waals surface area contributed by atoms with Crippen molar-refractivity contribution in [3.8, 4) is 22.9 Å². The van der Waals surface area contributed by atoms with Gasteiger partial charge in [0.2, 0.25) is 0 Å². The zero-order valence-corrected chi connectivity index (χ0v) is 26.4. The Balaban J connectivity index is 1.17. The van der Waals surface area contributed by atoms with Crippen molar-refractivity contribution in [2.24, 2.45) is 12.8 Å². The maximum atomic E-state index is 15.3. The van der Waals surface area contributed by atoms with Gasteiger partial charge in [0.25, 0.3) is 11.5 Å². The Morgan fingerprint density at radius 2 is 1.79 bits per heavy atom. The third kappa shape index (κ3) is 6.32. The van der Waals surface area contributed by atoms with E-state index in [1.165, 1.54) is 16.8 Å². The van der Waals surface area contributed by atoms with Crippen molar-refractivity contribution >= 4 is 28.5 Å². The predicted octanol–water partition coefficient (Wildman–Crippen LogP) is 5.33. The number of benzene rings is 3. The number of anilines is 1. The summed E-state index contributed by atoms with van der Waals surface area (Å²) in [4.78, 5) is 42.8. The van der Waals surface area contributed by atoms with Crippen LogP contribution in [0, 0.1) is 19.7 Å². The number of pyridine rings is 1. The number of aromatic nitrogens is 3.